The highest BCUT2D eigenvalue weighted by molar-refractivity contribution is 5.66. The van der Waals surface area contributed by atoms with Gasteiger partial charge in [0.15, 0.2) is 0 Å². The first-order valence-electron chi connectivity index (χ1n) is 5.32. The van der Waals surface area contributed by atoms with Gasteiger partial charge in [0.05, 0.1) is 13.0 Å². The van der Waals surface area contributed by atoms with Crippen molar-refractivity contribution in [3.8, 4) is 0 Å². The first-order chi connectivity index (χ1) is 7.72. The third-order valence-corrected chi connectivity index (χ3v) is 2.13. The molecule has 102 valence electrons. The van der Waals surface area contributed by atoms with Crippen molar-refractivity contribution in [3.63, 3.8) is 0 Å². The molecule has 0 aromatic heterocycles. The number of rotatable bonds is 8. The quantitative estimate of drug-likeness (QED) is 0.673. The molecule has 0 bridgehead atoms. The van der Waals surface area contributed by atoms with Gasteiger partial charge in [0.2, 0.25) is 0 Å². The summed E-state index contributed by atoms with van der Waals surface area (Å²) in [6, 6.07) is 0.0730. The summed E-state index contributed by atoms with van der Waals surface area (Å²) < 4.78 is 39.8. The Kier molecular flexibility index (Phi) is 7.13. The molecule has 0 spiro atoms. The maximum absolute atomic E-state index is 11.8. The number of aliphatic carboxylic acids is 1. The van der Waals surface area contributed by atoms with E-state index in [-0.39, 0.29) is 19.1 Å². The average Bonchev–Trinajstić information content (AvgIpc) is 2.13. The number of halogens is 3. The highest BCUT2D eigenvalue weighted by Gasteiger charge is 2.27. The number of ether oxygens (including phenoxy) is 1. The van der Waals surface area contributed by atoms with Crippen molar-refractivity contribution in [1.82, 2.24) is 4.90 Å². The van der Waals surface area contributed by atoms with Crippen LogP contribution in [0.2, 0.25) is 0 Å². The molecule has 0 aliphatic rings. The molecular weight excluding hydrogens is 239 g/mol. The molecular formula is C10H18F3NO3. The standard InChI is InChI=1S/C10H18F3NO3/c1-8(2)14(4-3-9(15)16)5-6-17-7-10(11,12)13/h8H,3-7H2,1-2H3,(H,15,16). The van der Waals surface area contributed by atoms with Crippen molar-refractivity contribution in [2.24, 2.45) is 0 Å². The van der Waals surface area contributed by atoms with Gasteiger partial charge in [-0.2, -0.15) is 13.2 Å². The molecule has 0 aromatic rings. The van der Waals surface area contributed by atoms with E-state index in [1.165, 1.54) is 0 Å². The van der Waals surface area contributed by atoms with E-state index in [0.29, 0.717) is 13.1 Å². The Morgan fingerprint density at radius 1 is 1.35 bits per heavy atom. The number of carbonyl (C=O) groups is 1. The fourth-order valence-electron chi connectivity index (χ4n) is 1.24. The van der Waals surface area contributed by atoms with E-state index in [0.717, 1.165) is 0 Å². The SMILES string of the molecule is CC(C)N(CCOCC(F)(F)F)CCC(=O)O. The van der Waals surface area contributed by atoms with Crippen LogP contribution in [-0.4, -0.2) is 54.5 Å². The predicted molar refractivity (Wildman–Crippen MR) is 55.8 cm³/mol. The molecule has 7 heteroatoms. The predicted octanol–water partition coefficient (Wildman–Crippen LogP) is 1.75. The molecule has 0 amide bonds. The topological polar surface area (TPSA) is 49.8 Å². The third kappa shape index (κ3) is 10.1. The summed E-state index contributed by atoms with van der Waals surface area (Å²) in [6.45, 7) is 2.98. The largest absolute Gasteiger partial charge is 0.481 e. The van der Waals surface area contributed by atoms with Crippen molar-refractivity contribution in [2.75, 3.05) is 26.3 Å². The van der Waals surface area contributed by atoms with Gasteiger partial charge in [-0.3, -0.25) is 9.69 Å². The van der Waals surface area contributed by atoms with Crippen LogP contribution in [0.4, 0.5) is 13.2 Å². The average molecular weight is 257 g/mol. The van der Waals surface area contributed by atoms with Crippen LogP contribution in [0.5, 0.6) is 0 Å². The lowest BCUT2D eigenvalue weighted by Gasteiger charge is -2.25. The fourth-order valence-corrected chi connectivity index (χ4v) is 1.24. The second-order valence-corrected chi connectivity index (χ2v) is 3.94. The molecule has 0 aromatic carbocycles. The zero-order chi connectivity index (χ0) is 13.5. The van der Waals surface area contributed by atoms with Crippen LogP contribution >= 0.6 is 0 Å². The lowest BCUT2D eigenvalue weighted by molar-refractivity contribution is -0.174. The Labute approximate surface area is 98.3 Å². The summed E-state index contributed by atoms with van der Waals surface area (Å²) in [5.74, 6) is -0.924. The van der Waals surface area contributed by atoms with Gasteiger partial charge >= 0.3 is 12.1 Å². The smallest absolute Gasteiger partial charge is 0.411 e. The minimum atomic E-state index is -4.32. The molecule has 0 aliphatic heterocycles. The molecule has 0 rings (SSSR count). The summed E-state index contributed by atoms with van der Waals surface area (Å²) in [6.07, 6.45) is -4.35. The molecule has 0 heterocycles. The number of carboxylic acid groups (broad SMARTS) is 1. The van der Waals surface area contributed by atoms with Gasteiger partial charge in [-0.1, -0.05) is 0 Å². The van der Waals surface area contributed by atoms with Crippen LogP contribution < -0.4 is 0 Å². The highest BCUT2D eigenvalue weighted by Crippen LogP contribution is 2.14. The Balaban J connectivity index is 3.82. The molecule has 0 radical (unpaired) electrons. The second kappa shape index (κ2) is 7.50. The van der Waals surface area contributed by atoms with Gasteiger partial charge in [-0.15, -0.1) is 0 Å². The van der Waals surface area contributed by atoms with Gasteiger partial charge in [0.1, 0.15) is 6.61 Å². The summed E-state index contributed by atoms with van der Waals surface area (Å²) in [7, 11) is 0. The first-order valence-corrected chi connectivity index (χ1v) is 5.32. The molecule has 0 aliphatic carbocycles. The number of nitrogens with zero attached hydrogens (tertiary/aromatic N) is 1. The molecule has 0 unspecified atom stereocenters. The number of alkyl halides is 3. The zero-order valence-electron chi connectivity index (χ0n) is 9.96. The fraction of sp³-hybridized carbons (Fsp3) is 0.900. The van der Waals surface area contributed by atoms with Gasteiger partial charge in [0.25, 0.3) is 0 Å². The monoisotopic (exact) mass is 257 g/mol. The maximum Gasteiger partial charge on any atom is 0.411 e. The highest BCUT2D eigenvalue weighted by atomic mass is 19.4. The van der Waals surface area contributed by atoms with Gasteiger partial charge in [0, 0.05) is 19.1 Å². The molecule has 17 heavy (non-hydrogen) atoms. The lowest BCUT2D eigenvalue weighted by atomic mass is 10.3. The van der Waals surface area contributed by atoms with Crippen molar-refractivity contribution >= 4 is 5.97 Å². The molecule has 0 fully saturated rings. The van der Waals surface area contributed by atoms with Crippen LogP contribution in [-0.2, 0) is 9.53 Å². The Morgan fingerprint density at radius 3 is 2.35 bits per heavy atom. The minimum Gasteiger partial charge on any atom is -0.481 e. The summed E-state index contributed by atoms with van der Waals surface area (Å²) in [4.78, 5) is 12.1. The lowest BCUT2D eigenvalue weighted by Crippen LogP contribution is -2.36. The number of hydrogen-bond donors (Lipinski definition) is 1. The van der Waals surface area contributed by atoms with Crippen molar-refractivity contribution in [1.29, 1.82) is 0 Å². The van der Waals surface area contributed by atoms with Crippen LogP contribution in [0.15, 0.2) is 0 Å². The van der Waals surface area contributed by atoms with Gasteiger partial charge in [-0.05, 0) is 13.8 Å². The molecule has 1 N–H and O–H groups in total. The van der Waals surface area contributed by atoms with E-state index in [1.807, 2.05) is 13.8 Å². The summed E-state index contributed by atoms with van der Waals surface area (Å²) >= 11 is 0. The Hall–Kier alpha value is -0.820. The van der Waals surface area contributed by atoms with E-state index < -0.39 is 18.8 Å². The molecule has 0 saturated heterocycles. The normalized spacial score (nSPS) is 12.4. The summed E-state index contributed by atoms with van der Waals surface area (Å²) in [5, 5.41) is 8.52. The Bertz CT molecular complexity index is 231. The Morgan fingerprint density at radius 2 is 1.94 bits per heavy atom. The van der Waals surface area contributed by atoms with Crippen LogP contribution in [0, 0.1) is 0 Å². The zero-order valence-corrected chi connectivity index (χ0v) is 9.96. The van der Waals surface area contributed by atoms with Gasteiger partial charge < -0.3 is 9.84 Å². The van der Waals surface area contributed by atoms with Crippen molar-refractivity contribution in [3.05, 3.63) is 0 Å². The molecule has 0 saturated carbocycles. The van der Waals surface area contributed by atoms with Crippen molar-refractivity contribution in [2.45, 2.75) is 32.5 Å². The van der Waals surface area contributed by atoms with E-state index >= 15 is 0 Å². The first kappa shape index (κ1) is 16.2. The molecule has 0 atom stereocenters. The van der Waals surface area contributed by atoms with Gasteiger partial charge in [-0.25, -0.2) is 0 Å². The van der Waals surface area contributed by atoms with Crippen LogP contribution in [0.25, 0.3) is 0 Å². The van der Waals surface area contributed by atoms with E-state index in [1.54, 1.807) is 4.90 Å². The minimum absolute atomic E-state index is 0.0303. The van der Waals surface area contributed by atoms with E-state index in [4.69, 9.17) is 5.11 Å². The van der Waals surface area contributed by atoms with E-state index in [2.05, 4.69) is 4.74 Å². The van der Waals surface area contributed by atoms with Crippen LogP contribution in [0.3, 0.4) is 0 Å². The molecule has 4 nitrogen and oxygen atoms in total. The van der Waals surface area contributed by atoms with Crippen LogP contribution in [0.1, 0.15) is 20.3 Å². The third-order valence-electron chi connectivity index (χ3n) is 2.13. The summed E-state index contributed by atoms with van der Waals surface area (Å²) in [5.41, 5.74) is 0. The second-order valence-electron chi connectivity index (χ2n) is 3.94. The maximum atomic E-state index is 11.8. The van der Waals surface area contributed by atoms with Crippen molar-refractivity contribution < 1.29 is 27.8 Å². The van der Waals surface area contributed by atoms with E-state index in [9.17, 15) is 18.0 Å². The number of hydrogen-bond acceptors (Lipinski definition) is 3. The number of carboxylic acids is 1.